The summed E-state index contributed by atoms with van der Waals surface area (Å²) in [5.74, 6) is 1.06. The van der Waals surface area contributed by atoms with Gasteiger partial charge in [0.15, 0.2) is 0 Å². The van der Waals surface area contributed by atoms with Crippen LogP contribution in [0.2, 0.25) is 0 Å². The molecule has 61 heavy (non-hydrogen) atoms. The SMILES string of the molecule is COC#N.COC#N.COC#N.N#COc1ccc(Cc2ccc(OC#N)cc2)cc1.[CH3-].[CH3-].[CH3-].[CH3-].[CH3-].[Y].[Y].[Y].[Y].[Y].c1ccc(Cc2ccc(Cc3ccccc3)cc2)cc1. The van der Waals surface area contributed by atoms with E-state index >= 15 is 0 Å². The first-order chi connectivity index (χ1) is 25.0. The first-order valence-corrected chi connectivity index (χ1v) is 15.2. The smallest absolute Gasteiger partial charge is 0.292 e. The van der Waals surface area contributed by atoms with Crippen molar-refractivity contribution in [2.75, 3.05) is 21.3 Å². The van der Waals surface area contributed by atoms with Crippen LogP contribution in [0.5, 0.6) is 11.5 Å². The molecule has 0 heterocycles. The van der Waals surface area contributed by atoms with Crippen molar-refractivity contribution in [3.05, 3.63) is 204 Å². The van der Waals surface area contributed by atoms with Gasteiger partial charge in [-0.2, -0.15) is 15.8 Å². The van der Waals surface area contributed by atoms with E-state index in [1.165, 1.54) is 62.3 Å². The third kappa shape index (κ3) is 43.1. The Hall–Kier alpha value is -1.93. The summed E-state index contributed by atoms with van der Waals surface area (Å²) in [4.78, 5) is 0. The summed E-state index contributed by atoms with van der Waals surface area (Å²) in [7, 11) is 3.96. The van der Waals surface area contributed by atoms with Crippen LogP contribution in [-0.2, 0) is 197 Å². The Bertz CT molecular complexity index is 1730. The maximum atomic E-state index is 8.39. The minimum atomic E-state index is 0. The molecule has 0 aliphatic heterocycles. The normalized spacial score (nSPS) is 7.05. The molecule has 0 atom stereocenters. The zero-order valence-corrected chi connectivity index (χ0v) is 50.7. The van der Waals surface area contributed by atoms with Crippen LogP contribution in [0, 0.1) is 94.7 Å². The van der Waals surface area contributed by atoms with Crippen LogP contribution in [0.4, 0.5) is 0 Å². The first-order valence-electron chi connectivity index (χ1n) is 15.2. The number of hydrogen-bond donors (Lipinski definition) is 0. The molecule has 0 aliphatic rings. The van der Waals surface area contributed by atoms with Crippen LogP contribution in [0.1, 0.15) is 33.4 Å². The molecule has 0 unspecified atom stereocenters. The van der Waals surface area contributed by atoms with Gasteiger partial charge in [0.1, 0.15) is 11.5 Å². The van der Waals surface area contributed by atoms with Gasteiger partial charge in [0.2, 0.25) is 0 Å². The van der Waals surface area contributed by atoms with E-state index in [1.807, 2.05) is 24.3 Å². The van der Waals surface area contributed by atoms with Crippen molar-refractivity contribution in [2.24, 2.45) is 0 Å². The Balaban J connectivity index is -0.0000000746. The largest absolute Gasteiger partial charge is 0.431 e. The Morgan fingerprint density at radius 2 is 0.492 bits per heavy atom. The summed E-state index contributed by atoms with van der Waals surface area (Å²) in [6, 6.07) is 44.8. The molecule has 0 bridgehead atoms. The minimum absolute atomic E-state index is 0. The summed E-state index contributed by atoms with van der Waals surface area (Å²) in [6.07, 6.45) is 10.3. The Kier molecular flexibility index (Phi) is 78.8. The van der Waals surface area contributed by atoms with E-state index in [-0.39, 0.29) is 201 Å². The first kappa shape index (κ1) is 82.7. The second-order valence-corrected chi connectivity index (χ2v) is 9.88. The average Bonchev–Trinajstić information content (AvgIpc) is 3.19. The van der Waals surface area contributed by atoms with Crippen LogP contribution in [0.3, 0.4) is 0 Å². The summed E-state index contributed by atoms with van der Waals surface area (Å²) < 4.78 is 21.0. The summed E-state index contributed by atoms with van der Waals surface area (Å²) in [6.45, 7) is 0. The monoisotopic (exact) mass is 1200 g/mol. The fourth-order valence-electron chi connectivity index (χ4n) is 4.13. The maximum absolute atomic E-state index is 8.39. The van der Waals surface area contributed by atoms with Gasteiger partial charge in [-0.05, 0) is 76.9 Å². The van der Waals surface area contributed by atoms with Crippen molar-refractivity contribution >= 4 is 0 Å². The van der Waals surface area contributed by atoms with E-state index in [1.54, 1.807) is 36.8 Å². The number of nitriles is 5. The predicted octanol–water partition coefficient (Wildman–Crippen LogP) is 10.4. The number of nitrogens with zero attached hydrogens (tertiary/aromatic N) is 5. The third-order valence-electron chi connectivity index (χ3n) is 6.38. The van der Waals surface area contributed by atoms with Crippen molar-refractivity contribution in [3.8, 4) is 42.8 Å². The molecule has 15 heteroatoms. The molecule has 0 saturated carbocycles. The zero-order chi connectivity index (χ0) is 37.4. The second kappa shape index (κ2) is 58.1. The van der Waals surface area contributed by atoms with E-state index in [4.69, 9.17) is 35.8 Å². The third-order valence-corrected chi connectivity index (χ3v) is 6.38. The Morgan fingerprint density at radius 3 is 0.672 bits per heavy atom. The number of ether oxygens (including phenoxy) is 5. The fraction of sp³-hybridized carbons (Fsp3) is 0.130. The van der Waals surface area contributed by atoms with Gasteiger partial charge in [0.25, 0.3) is 31.3 Å². The fourth-order valence-corrected chi connectivity index (χ4v) is 4.13. The Labute approximate surface area is 493 Å². The minimum Gasteiger partial charge on any atom is -0.431 e. The van der Waals surface area contributed by atoms with Crippen LogP contribution in [0.25, 0.3) is 0 Å². The molecule has 0 aliphatic carbocycles. The number of rotatable bonds is 8. The standard InChI is InChI=1S/C20H18.C15H10N2O2.3C2H3NO.5CH3.5Y/c1-3-7-17(8-4-1)15-19-11-13-20(14-12-19)16-18-9-5-2-6-10-18;16-10-18-14-5-1-12(2-6-14)9-13-3-7-15(8-4-13)19-11-17;3*1-4-2-3;;;;;;;;;;/h1-14H,15-16H2;1-8H,9H2;3*1H3;5*1H3;;;;;/q;;;;;5*-1;;;;;. The molecule has 5 aromatic carbocycles. The van der Waals surface area contributed by atoms with E-state index in [0.717, 1.165) is 30.4 Å². The van der Waals surface area contributed by atoms with Crippen LogP contribution < -0.4 is 9.47 Å². The molecule has 0 saturated heterocycles. The van der Waals surface area contributed by atoms with Gasteiger partial charge in [-0.15, -0.1) is 10.5 Å². The molecule has 0 amide bonds. The van der Waals surface area contributed by atoms with Crippen molar-refractivity contribution < 1.29 is 187 Å². The van der Waals surface area contributed by atoms with Crippen LogP contribution in [0.15, 0.2) is 133 Å². The van der Waals surface area contributed by atoms with E-state index in [2.05, 4.69) is 99.1 Å². The zero-order valence-electron chi connectivity index (χ0n) is 36.5. The molecular formula is C46H52N5O5Y5-5. The van der Waals surface area contributed by atoms with Gasteiger partial charge >= 0.3 is 0 Å². The molecule has 0 spiro atoms. The number of methoxy groups -OCH3 is 3. The van der Waals surface area contributed by atoms with Gasteiger partial charge in [0, 0.05) is 164 Å². The maximum Gasteiger partial charge on any atom is 0.292 e. The molecule has 5 rings (SSSR count). The Morgan fingerprint density at radius 1 is 0.311 bits per heavy atom. The summed E-state index contributed by atoms with van der Waals surface area (Å²) >= 11 is 0. The van der Waals surface area contributed by atoms with Gasteiger partial charge in [0.05, 0.1) is 21.3 Å². The second-order valence-electron chi connectivity index (χ2n) is 9.88. The molecule has 5 aromatic rings. The van der Waals surface area contributed by atoms with Gasteiger partial charge in [-0.1, -0.05) is 109 Å². The predicted molar refractivity (Wildman–Crippen MR) is 223 cm³/mol. The van der Waals surface area contributed by atoms with Crippen LogP contribution >= 0.6 is 0 Å². The van der Waals surface area contributed by atoms with Gasteiger partial charge in [-0.25, -0.2) is 0 Å². The summed E-state index contributed by atoms with van der Waals surface area (Å²) in [5, 5.41) is 39.0. The van der Waals surface area contributed by atoms with E-state index in [9.17, 15) is 0 Å². The molecular weight excluding hydrogens is 1150 g/mol. The molecule has 0 fully saturated rings. The van der Waals surface area contributed by atoms with Gasteiger partial charge < -0.3 is 60.8 Å². The topological polar surface area (TPSA) is 165 Å². The van der Waals surface area contributed by atoms with Crippen molar-refractivity contribution in [1.82, 2.24) is 0 Å². The van der Waals surface area contributed by atoms with Crippen molar-refractivity contribution in [2.45, 2.75) is 19.3 Å². The van der Waals surface area contributed by atoms with E-state index < -0.39 is 0 Å². The van der Waals surface area contributed by atoms with E-state index in [0.29, 0.717) is 11.5 Å². The molecule has 5 radical (unpaired) electrons. The van der Waals surface area contributed by atoms with Crippen LogP contribution in [-0.4, -0.2) is 21.3 Å². The number of hydrogen-bond acceptors (Lipinski definition) is 10. The summed E-state index contributed by atoms with van der Waals surface area (Å²) in [5.41, 5.74) is 7.69. The molecule has 10 nitrogen and oxygen atoms in total. The quantitative estimate of drug-likeness (QED) is 0.108. The molecule has 0 aromatic heterocycles. The molecule has 0 N–H and O–H groups in total. The van der Waals surface area contributed by atoms with Gasteiger partial charge in [-0.3, -0.25) is 0 Å². The molecule has 311 valence electrons. The van der Waals surface area contributed by atoms with Crippen molar-refractivity contribution in [1.29, 1.82) is 26.3 Å². The number of benzene rings is 5. The average molecular weight is 1200 g/mol. The van der Waals surface area contributed by atoms with Crippen molar-refractivity contribution in [3.63, 3.8) is 0 Å².